The van der Waals surface area contributed by atoms with E-state index in [2.05, 4.69) is 10.3 Å². The molecule has 0 radical (unpaired) electrons. The van der Waals surface area contributed by atoms with Crippen LogP contribution in [0.4, 0.5) is 5.69 Å². The lowest BCUT2D eigenvalue weighted by Crippen LogP contribution is -2.46. The third kappa shape index (κ3) is 3.18. The molecule has 1 aromatic rings. The number of sulfonamides is 1. The molecule has 1 N–H and O–H groups in total. The number of aromatic nitrogens is 1. The van der Waals surface area contributed by atoms with E-state index in [9.17, 15) is 18.5 Å². The summed E-state index contributed by atoms with van der Waals surface area (Å²) < 4.78 is 25.7. The highest BCUT2D eigenvalue weighted by Gasteiger charge is 2.33. The SMILES string of the molecule is Cl.O=[N+]([O-])c1cccnc1S(=O)(=O)N1CCNCC1. The number of pyridine rings is 1. The summed E-state index contributed by atoms with van der Waals surface area (Å²) in [5.74, 6) is 0. The van der Waals surface area contributed by atoms with Crippen molar-refractivity contribution in [2.24, 2.45) is 0 Å². The lowest BCUT2D eigenvalue weighted by Gasteiger charge is -2.25. The quantitative estimate of drug-likeness (QED) is 0.622. The Morgan fingerprint density at radius 1 is 1.37 bits per heavy atom. The first kappa shape index (κ1) is 15.8. The fourth-order valence-electron chi connectivity index (χ4n) is 1.73. The minimum Gasteiger partial charge on any atom is -0.314 e. The molecule has 19 heavy (non-hydrogen) atoms. The molecule has 10 heteroatoms. The van der Waals surface area contributed by atoms with Gasteiger partial charge in [-0.05, 0) is 6.07 Å². The lowest BCUT2D eigenvalue weighted by atomic mass is 10.4. The van der Waals surface area contributed by atoms with Gasteiger partial charge in [0.1, 0.15) is 0 Å². The summed E-state index contributed by atoms with van der Waals surface area (Å²) in [6, 6.07) is 2.48. The van der Waals surface area contributed by atoms with Crippen LogP contribution in [0, 0.1) is 10.1 Å². The number of hydrogen-bond acceptors (Lipinski definition) is 6. The van der Waals surface area contributed by atoms with Gasteiger partial charge in [0.25, 0.3) is 10.0 Å². The molecule has 0 aromatic carbocycles. The molecule has 1 aliphatic rings. The summed E-state index contributed by atoms with van der Waals surface area (Å²) in [5.41, 5.74) is -0.490. The standard InChI is InChI=1S/C9H12N4O4S.ClH/c14-13(15)8-2-1-3-11-9(8)18(16,17)12-6-4-10-5-7-12;/h1-3,10H,4-7H2;1H. The summed E-state index contributed by atoms with van der Waals surface area (Å²) >= 11 is 0. The van der Waals surface area contributed by atoms with E-state index in [0.717, 1.165) is 6.07 Å². The molecule has 1 aliphatic heterocycles. The van der Waals surface area contributed by atoms with E-state index in [4.69, 9.17) is 0 Å². The molecular formula is C9H13ClN4O4S. The van der Waals surface area contributed by atoms with Crippen LogP contribution >= 0.6 is 12.4 Å². The van der Waals surface area contributed by atoms with Gasteiger partial charge < -0.3 is 5.32 Å². The van der Waals surface area contributed by atoms with Crippen LogP contribution in [-0.4, -0.2) is 48.8 Å². The summed E-state index contributed by atoms with van der Waals surface area (Å²) in [5, 5.41) is 13.3. The number of hydrogen-bond donors (Lipinski definition) is 1. The number of halogens is 1. The van der Waals surface area contributed by atoms with Crippen molar-refractivity contribution in [3.63, 3.8) is 0 Å². The number of piperazine rings is 1. The fourth-order valence-corrected chi connectivity index (χ4v) is 3.24. The Kier molecular flexibility index (Phi) is 5.18. The van der Waals surface area contributed by atoms with Crippen LogP contribution in [0.15, 0.2) is 23.4 Å². The van der Waals surface area contributed by atoms with Crippen LogP contribution in [0.3, 0.4) is 0 Å². The monoisotopic (exact) mass is 308 g/mol. The Bertz CT molecular complexity index is 559. The molecular weight excluding hydrogens is 296 g/mol. The maximum atomic E-state index is 12.2. The van der Waals surface area contributed by atoms with Crippen molar-refractivity contribution in [2.45, 2.75) is 5.03 Å². The van der Waals surface area contributed by atoms with Crippen LogP contribution in [0.5, 0.6) is 0 Å². The maximum Gasteiger partial charge on any atom is 0.308 e. The predicted octanol–water partition coefficient (Wildman–Crippen LogP) is 0.00550. The van der Waals surface area contributed by atoms with Crippen molar-refractivity contribution in [3.8, 4) is 0 Å². The van der Waals surface area contributed by atoms with Crippen molar-refractivity contribution >= 4 is 28.1 Å². The van der Waals surface area contributed by atoms with E-state index >= 15 is 0 Å². The van der Waals surface area contributed by atoms with Crippen LogP contribution in [-0.2, 0) is 10.0 Å². The fraction of sp³-hybridized carbons (Fsp3) is 0.444. The molecule has 0 amide bonds. The Morgan fingerprint density at radius 3 is 2.58 bits per heavy atom. The van der Waals surface area contributed by atoms with Gasteiger partial charge in [0.2, 0.25) is 5.03 Å². The minimum absolute atomic E-state index is 0. The summed E-state index contributed by atoms with van der Waals surface area (Å²) in [6.07, 6.45) is 1.24. The van der Waals surface area contributed by atoms with Crippen molar-refractivity contribution in [3.05, 3.63) is 28.4 Å². The van der Waals surface area contributed by atoms with Crippen LogP contribution in [0.25, 0.3) is 0 Å². The topological polar surface area (TPSA) is 105 Å². The normalized spacial score (nSPS) is 16.6. The van der Waals surface area contributed by atoms with Crippen molar-refractivity contribution in [1.29, 1.82) is 0 Å². The molecule has 1 saturated heterocycles. The second-order valence-corrected chi connectivity index (χ2v) is 5.59. The average molecular weight is 309 g/mol. The molecule has 8 nitrogen and oxygen atoms in total. The molecule has 0 unspecified atom stereocenters. The minimum atomic E-state index is -3.90. The summed E-state index contributed by atoms with van der Waals surface area (Å²) in [4.78, 5) is 13.7. The van der Waals surface area contributed by atoms with Gasteiger partial charge in [-0.15, -0.1) is 12.4 Å². The Hall–Kier alpha value is -1.29. The largest absolute Gasteiger partial charge is 0.314 e. The third-order valence-corrected chi connectivity index (χ3v) is 4.46. The molecule has 0 saturated carbocycles. The van der Waals surface area contributed by atoms with E-state index in [1.165, 1.54) is 16.6 Å². The lowest BCUT2D eigenvalue weighted by molar-refractivity contribution is -0.388. The zero-order valence-corrected chi connectivity index (χ0v) is 11.5. The van der Waals surface area contributed by atoms with Gasteiger partial charge in [0, 0.05) is 38.4 Å². The van der Waals surface area contributed by atoms with Crippen molar-refractivity contribution in [1.82, 2.24) is 14.6 Å². The van der Waals surface area contributed by atoms with Gasteiger partial charge in [-0.1, -0.05) is 0 Å². The van der Waals surface area contributed by atoms with Crippen LogP contribution < -0.4 is 5.32 Å². The molecule has 0 atom stereocenters. The van der Waals surface area contributed by atoms with E-state index in [0.29, 0.717) is 13.1 Å². The average Bonchev–Trinajstić information content (AvgIpc) is 2.39. The first-order valence-corrected chi connectivity index (χ1v) is 6.78. The van der Waals surface area contributed by atoms with Crippen LogP contribution in [0.2, 0.25) is 0 Å². The molecule has 0 aliphatic carbocycles. The molecule has 1 fully saturated rings. The molecule has 0 spiro atoms. The Morgan fingerprint density at radius 2 is 2.00 bits per heavy atom. The smallest absolute Gasteiger partial charge is 0.308 e. The highest BCUT2D eigenvalue weighted by molar-refractivity contribution is 7.89. The van der Waals surface area contributed by atoms with Gasteiger partial charge in [-0.2, -0.15) is 4.31 Å². The first-order chi connectivity index (χ1) is 8.53. The van der Waals surface area contributed by atoms with E-state index < -0.39 is 25.7 Å². The third-order valence-electron chi connectivity index (χ3n) is 2.61. The first-order valence-electron chi connectivity index (χ1n) is 5.34. The van der Waals surface area contributed by atoms with Gasteiger partial charge in [0.15, 0.2) is 0 Å². The second-order valence-electron chi connectivity index (χ2n) is 3.74. The Labute approximate surface area is 116 Å². The van der Waals surface area contributed by atoms with E-state index in [1.807, 2.05) is 0 Å². The van der Waals surface area contributed by atoms with Gasteiger partial charge >= 0.3 is 5.69 Å². The van der Waals surface area contributed by atoms with Crippen molar-refractivity contribution in [2.75, 3.05) is 26.2 Å². The molecule has 106 valence electrons. The van der Waals surface area contributed by atoms with Gasteiger partial charge in [-0.25, -0.2) is 13.4 Å². The van der Waals surface area contributed by atoms with Gasteiger partial charge in [0.05, 0.1) is 4.92 Å². The Balaban J connectivity index is 0.00000180. The second kappa shape index (κ2) is 6.24. The van der Waals surface area contributed by atoms with Gasteiger partial charge in [-0.3, -0.25) is 10.1 Å². The molecule has 1 aromatic heterocycles. The highest BCUT2D eigenvalue weighted by atomic mass is 35.5. The molecule has 2 rings (SSSR count). The van der Waals surface area contributed by atoms with E-state index in [1.54, 1.807) is 0 Å². The zero-order chi connectivity index (χ0) is 13.2. The predicted molar refractivity (Wildman–Crippen MR) is 69.8 cm³/mol. The van der Waals surface area contributed by atoms with E-state index in [-0.39, 0.29) is 25.5 Å². The highest BCUT2D eigenvalue weighted by Crippen LogP contribution is 2.23. The summed E-state index contributed by atoms with van der Waals surface area (Å²) in [6.45, 7) is 1.63. The number of rotatable bonds is 3. The number of nitrogens with one attached hydrogen (secondary N) is 1. The number of nitro groups is 1. The molecule has 0 bridgehead atoms. The zero-order valence-electron chi connectivity index (χ0n) is 9.85. The van der Waals surface area contributed by atoms with Crippen LogP contribution in [0.1, 0.15) is 0 Å². The molecule has 2 heterocycles. The summed E-state index contributed by atoms with van der Waals surface area (Å²) in [7, 11) is -3.90. The maximum absolute atomic E-state index is 12.2. The number of nitrogens with zero attached hydrogens (tertiary/aromatic N) is 3. The van der Waals surface area contributed by atoms with Crippen molar-refractivity contribution < 1.29 is 13.3 Å².